The molecule has 0 saturated heterocycles. The molecule has 3 aromatic heterocycles. The Bertz CT molecular complexity index is 1820. The Labute approximate surface area is 276 Å². The summed E-state index contributed by atoms with van der Waals surface area (Å²) in [5, 5.41) is 36.9. The van der Waals surface area contributed by atoms with Gasteiger partial charge in [-0.1, -0.05) is 25.7 Å². The molecule has 4 heterocycles. The first kappa shape index (κ1) is 33.2. The Kier molecular flexibility index (Phi) is 9.82. The number of aromatic nitrogens is 4. The van der Waals surface area contributed by atoms with E-state index in [1.54, 1.807) is 6.07 Å². The average molecular weight is 664 g/mol. The second kappa shape index (κ2) is 14.2. The van der Waals surface area contributed by atoms with Crippen molar-refractivity contribution in [3.05, 3.63) is 58.6 Å². The molecule has 0 bridgehead atoms. The molecule has 0 atom stereocenters. The van der Waals surface area contributed by atoms with Gasteiger partial charge in [0.25, 0.3) is 0 Å². The van der Waals surface area contributed by atoms with Gasteiger partial charge in [-0.25, -0.2) is 24.1 Å². The molecule has 1 aliphatic heterocycles. The third kappa shape index (κ3) is 7.39. The van der Waals surface area contributed by atoms with Crippen LogP contribution in [0.15, 0.2) is 47.4 Å². The van der Waals surface area contributed by atoms with Gasteiger partial charge in [0.15, 0.2) is 11.5 Å². The number of nitrogens with zero attached hydrogens (tertiary/aromatic N) is 4. The molecule has 0 radical (unpaired) electrons. The van der Waals surface area contributed by atoms with Crippen LogP contribution in [0.4, 0.5) is 16.4 Å². The number of methoxy groups -OCH3 is 1. The summed E-state index contributed by atoms with van der Waals surface area (Å²) in [6, 6.07) is 11.9. The zero-order chi connectivity index (χ0) is 33.8. The third-order valence-corrected chi connectivity index (χ3v) is 8.88. The van der Waals surface area contributed by atoms with Gasteiger partial charge in [-0.15, -0.1) is 0 Å². The summed E-state index contributed by atoms with van der Waals surface area (Å²) in [5.74, 6) is 2.39. The molecule has 2 saturated carbocycles. The van der Waals surface area contributed by atoms with Gasteiger partial charge in [0.1, 0.15) is 24.8 Å². The zero-order valence-electron chi connectivity index (χ0n) is 26.7. The minimum absolute atomic E-state index is 0.112. The van der Waals surface area contributed by atoms with Gasteiger partial charge < -0.3 is 45.9 Å². The number of primary amides is 1. The number of ether oxygens (including phenoxy) is 3. The molecule has 48 heavy (non-hydrogen) atoms. The summed E-state index contributed by atoms with van der Waals surface area (Å²) in [5.41, 5.74) is 6.99. The molecule has 4 aromatic rings. The largest absolute Gasteiger partial charge is 0.486 e. The van der Waals surface area contributed by atoms with E-state index in [9.17, 15) is 24.9 Å². The first-order valence-electron chi connectivity index (χ1n) is 16.2. The number of amides is 1. The fraction of sp³-hybridized carbons (Fsp3) is 0.455. The molecule has 15 nitrogen and oxygen atoms in total. The Morgan fingerprint density at radius 1 is 0.979 bits per heavy atom. The summed E-state index contributed by atoms with van der Waals surface area (Å²) < 4.78 is 17.5. The molecule has 7 rings (SSSR count). The van der Waals surface area contributed by atoms with Crippen LogP contribution in [0, 0.1) is 0 Å². The van der Waals surface area contributed by atoms with E-state index >= 15 is 0 Å². The maximum Gasteiger partial charge on any atom is 0.404 e. The maximum atomic E-state index is 13.3. The van der Waals surface area contributed by atoms with Crippen molar-refractivity contribution in [2.45, 2.75) is 76.1 Å². The minimum Gasteiger partial charge on any atom is -0.486 e. The van der Waals surface area contributed by atoms with Crippen molar-refractivity contribution in [2.24, 2.45) is 5.73 Å². The maximum absolute atomic E-state index is 13.3. The second-order valence-corrected chi connectivity index (χ2v) is 12.2. The zero-order valence-corrected chi connectivity index (χ0v) is 26.7. The van der Waals surface area contributed by atoms with Crippen molar-refractivity contribution in [1.82, 2.24) is 24.4 Å². The van der Waals surface area contributed by atoms with E-state index in [0.29, 0.717) is 59.0 Å². The van der Waals surface area contributed by atoms with Crippen molar-refractivity contribution < 1.29 is 34.3 Å². The molecule has 2 aliphatic carbocycles. The Balaban J connectivity index is 0.000000749. The molecule has 256 valence electrons. The molecule has 1 aromatic carbocycles. The van der Waals surface area contributed by atoms with Crippen LogP contribution in [0.3, 0.4) is 0 Å². The number of rotatable bonds is 8. The van der Waals surface area contributed by atoms with Crippen LogP contribution in [-0.4, -0.2) is 66.9 Å². The number of pyridine rings is 2. The SMILES string of the molecule is COC(N)=O.O=c1n(C2CCCC2)c2cc(Nc3cc(CNC4CCCC4)cc(-c4ccc5c(c4)OCCO5)n3)ncc2n1C(O)(O)O. The van der Waals surface area contributed by atoms with E-state index < -0.39 is 17.9 Å². The lowest BCUT2D eigenvalue weighted by Crippen LogP contribution is -2.41. The number of imidazole rings is 1. The highest BCUT2D eigenvalue weighted by atomic mass is 16.7. The summed E-state index contributed by atoms with van der Waals surface area (Å²) >= 11 is 0. The number of nitrogens with one attached hydrogen (secondary N) is 2. The molecule has 3 aliphatic rings. The Morgan fingerprint density at radius 3 is 2.35 bits per heavy atom. The number of benzene rings is 1. The average Bonchev–Trinajstić information content (AvgIpc) is 3.84. The van der Waals surface area contributed by atoms with Gasteiger partial charge in [0, 0.05) is 30.3 Å². The number of aliphatic hydroxyl groups is 3. The minimum atomic E-state index is -3.35. The van der Waals surface area contributed by atoms with Crippen molar-refractivity contribution >= 4 is 28.8 Å². The number of fused-ring (bicyclic) bond motifs is 2. The van der Waals surface area contributed by atoms with E-state index in [1.165, 1.54) is 43.6 Å². The molecular formula is C33H41N7O8. The molecule has 0 unspecified atom stereocenters. The lowest BCUT2D eigenvalue weighted by molar-refractivity contribution is -0.374. The standard InChI is InChI=1S/C31H36N6O6.C2H5NO2/c38-30-36(22-7-3-4-8-22)24-16-28(33-18-25(24)37(30)31(39,40)41)35-29-14-19(17-32-21-5-1-2-6-21)13-23(34-29)20-9-10-26-27(15-20)43-12-11-42-26;1-5-2(3)4/h9-10,13-16,18,21-22,32,39-41H,1-8,11-12,17H2,(H,33,34,35);1H3,(H2,3,4). The normalized spacial score (nSPS) is 16.5. The van der Waals surface area contributed by atoms with Crippen LogP contribution in [0.5, 0.6) is 11.5 Å². The highest BCUT2D eigenvalue weighted by Crippen LogP contribution is 2.36. The molecule has 15 heteroatoms. The fourth-order valence-electron chi connectivity index (χ4n) is 6.62. The van der Waals surface area contributed by atoms with Crippen molar-refractivity contribution in [2.75, 3.05) is 25.6 Å². The van der Waals surface area contributed by atoms with E-state index in [4.69, 9.17) is 14.5 Å². The van der Waals surface area contributed by atoms with Gasteiger partial charge in [0.05, 0.1) is 30.0 Å². The predicted molar refractivity (Wildman–Crippen MR) is 176 cm³/mol. The lowest BCUT2D eigenvalue weighted by Gasteiger charge is -2.19. The fourth-order valence-corrected chi connectivity index (χ4v) is 6.62. The summed E-state index contributed by atoms with van der Waals surface area (Å²) in [7, 11) is 1.22. The topological polar surface area (TPSA) is 208 Å². The quantitative estimate of drug-likeness (QED) is 0.150. The van der Waals surface area contributed by atoms with Crippen molar-refractivity contribution in [1.29, 1.82) is 0 Å². The number of hydrogen-bond acceptors (Lipinski definition) is 12. The van der Waals surface area contributed by atoms with Gasteiger partial charge >= 0.3 is 17.9 Å². The summed E-state index contributed by atoms with van der Waals surface area (Å²) in [4.78, 5) is 32.0. The first-order chi connectivity index (χ1) is 23.1. The van der Waals surface area contributed by atoms with Crippen LogP contribution >= 0.6 is 0 Å². The predicted octanol–water partition coefficient (Wildman–Crippen LogP) is 3.18. The van der Waals surface area contributed by atoms with Crippen molar-refractivity contribution in [3.63, 3.8) is 0 Å². The smallest absolute Gasteiger partial charge is 0.404 e. The van der Waals surface area contributed by atoms with Crippen molar-refractivity contribution in [3.8, 4) is 22.8 Å². The van der Waals surface area contributed by atoms with Crippen LogP contribution < -0.4 is 31.5 Å². The molecule has 0 spiro atoms. The summed E-state index contributed by atoms with van der Waals surface area (Å²) in [6.45, 7) is 1.70. The highest BCUT2D eigenvalue weighted by Gasteiger charge is 2.32. The molecule has 2 fully saturated rings. The van der Waals surface area contributed by atoms with Crippen LogP contribution in [-0.2, 0) is 17.4 Å². The van der Waals surface area contributed by atoms with Gasteiger partial charge in [-0.3, -0.25) is 4.57 Å². The van der Waals surface area contributed by atoms with Gasteiger partial charge in [-0.2, -0.15) is 0 Å². The highest BCUT2D eigenvalue weighted by molar-refractivity contribution is 5.79. The van der Waals surface area contributed by atoms with Gasteiger partial charge in [0.2, 0.25) is 0 Å². The number of carbonyl (C=O) groups is 1. The van der Waals surface area contributed by atoms with E-state index in [0.717, 1.165) is 42.5 Å². The van der Waals surface area contributed by atoms with Crippen LogP contribution in [0.2, 0.25) is 0 Å². The second-order valence-electron chi connectivity index (χ2n) is 12.2. The monoisotopic (exact) mass is 663 g/mol. The first-order valence-corrected chi connectivity index (χ1v) is 16.2. The van der Waals surface area contributed by atoms with E-state index in [-0.39, 0.29) is 11.6 Å². The van der Waals surface area contributed by atoms with Crippen LogP contribution in [0.25, 0.3) is 22.3 Å². The Morgan fingerprint density at radius 2 is 1.67 bits per heavy atom. The number of nitrogens with two attached hydrogens (primary N) is 1. The number of hydrogen-bond donors (Lipinski definition) is 6. The lowest BCUT2D eigenvalue weighted by atomic mass is 10.1. The van der Waals surface area contributed by atoms with E-state index in [1.807, 2.05) is 24.3 Å². The molecule has 1 amide bonds. The molecule has 7 N–H and O–H groups in total. The number of anilines is 2. The molecular weight excluding hydrogens is 622 g/mol. The third-order valence-electron chi connectivity index (χ3n) is 8.88. The van der Waals surface area contributed by atoms with E-state index in [2.05, 4.69) is 32.2 Å². The van der Waals surface area contributed by atoms with Crippen LogP contribution in [0.1, 0.15) is 63.0 Å². The van der Waals surface area contributed by atoms with Gasteiger partial charge in [-0.05, 0) is 61.6 Å². The number of carbonyl (C=O) groups excluding carboxylic acids is 1. The Hall–Kier alpha value is -4.70. The summed E-state index contributed by atoms with van der Waals surface area (Å²) in [6.07, 6.45) is 5.61.